The molecule has 0 radical (unpaired) electrons. The highest BCUT2D eigenvalue weighted by atomic mass is 15.1. The van der Waals surface area contributed by atoms with Crippen LogP contribution in [0.15, 0.2) is 17.3 Å². The Morgan fingerprint density at radius 1 is 1.64 bits per heavy atom. The third-order valence-electron chi connectivity index (χ3n) is 1.18. The van der Waals surface area contributed by atoms with E-state index in [1.165, 1.54) is 0 Å². The van der Waals surface area contributed by atoms with Crippen molar-refractivity contribution in [3.8, 4) is 0 Å². The van der Waals surface area contributed by atoms with Gasteiger partial charge in [-0.3, -0.25) is 4.99 Å². The fourth-order valence-electron chi connectivity index (χ4n) is 0.622. The molecule has 56 valence electrons. The fourth-order valence-corrected chi connectivity index (χ4v) is 0.622. The molecule has 3 heteroatoms. The summed E-state index contributed by atoms with van der Waals surface area (Å²) in [6, 6.07) is 1.80. The van der Waals surface area contributed by atoms with Gasteiger partial charge in [-0.15, -0.1) is 5.10 Å². The second-order valence-corrected chi connectivity index (χ2v) is 1.98. The third-order valence-corrected chi connectivity index (χ3v) is 1.18. The Hall–Kier alpha value is -1.51. The van der Waals surface area contributed by atoms with Crippen molar-refractivity contribution in [2.75, 3.05) is 0 Å². The summed E-state index contributed by atoms with van der Waals surface area (Å²) < 4.78 is 0. The Bertz CT molecular complexity index is 354. The second-order valence-electron chi connectivity index (χ2n) is 1.98. The molecule has 0 aliphatic heterocycles. The summed E-state index contributed by atoms with van der Waals surface area (Å²) in [5, 5.41) is 9.09. The van der Waals surface area contributed by atoms with Gasteiger partial charge < -0.3 is 0 Å². The maximum atomic E-state index is 3.91. The second kappa shape index (κ2) is 3.61. The van der Waals surface area contributed by atoms with Gasteiger partial charge in [0.15, 0.2) is 0 Å². The van der Waals surface area contributed by atoms with Crippen LogP contribution in [0.4, 0.5) is 0 Å². The number of rotatable bonds is 1. The van der Waals surface area contributed by atoms with Crippen molar-refractivity contribution in [3.63, 3.8) is 0 Å². The number of nitrogens with zero attached hydrogens (tertiary/aromatic N) is 3. The van der Waals surface area contributed by atoms with Crippen LogP contribution in [-0.4, -0.2) is 16.4 Å². The van der Waals surface area contributed by atoms with Crippen LogP contribution < -0.4 is 10.6 Å². The first kappa shape index (κ1) is 7.60. The summed E-state index contributed by atoms with van der Waals surface area (Å²) in [6.45, 7) is 5.61. The average Bonchev–Trinajstić information content (AvgIpc) is 2.03. The maximum absolute atomic E-state index is 3.91. The number of hydrogen-bond donors (Lipinski definition) is 0. The molecule has 3 nitrogen and oxygen atoms in total. The molecule has 0 amide bonds. The summed E-state index contributed by atoms with van der Waals surface area (Å²) in [5.74, 6) is 0. The molecule has 0 saturated heterocycles. The monoisotopic (exact) mass is 147 g/mol. The van der Waals surface area contributed by atoms with Gasteiger partial charge in [0.2, 0.25) is 0 Å². The van der Waals surface area contributed by atoms with E-state index in [0.29, 0.717) is 5.35 Å². The van der Waals surface area contributed by atoms with E-state index in [4.69, 9.17) is 0 Å². The van der Waals surface area contributed by atoms with Crippen LogP contribution in [0, 0.1) is 0 Å². The molecule has 1 rings (SSSR count). The molecule has 0 aliphatic rings. The molecule has 1 aromatic heterocycles. The lowest BCUT2D eigenvalue weighted by atomic mass is 10.4. The highest BCUT2D eigenvalue weighted by Gasteiger charge is 1.79. The first-order valence-corrected chi connectivity index (χ1v) is 3.29. The predicted molar refractivity (Wildman–Crippen MR) is 45.4 cm³/mol. The quantitative estimate of drug-likeness (QED) is 0.512. The number of hydrogen-bond acceptors (Lipinski definition) is 3. The van der Waals surface area contributed by atoms with E-state index in [1.54, 1.807) is 24.7 Å². The molecule has 0 aliphatic carbocycles. The van der Waals surface area contributed by atoms with Gasteiger partial charge in [0.25, 0.3) is 0 Å². The Balaban J connectivity index is 3.24. The first-order chi connectivity index (χ1) is 5.34. The zero-order valence-electron chi connectivity index (χ0n) is 6.36. The topological polar surface area (TPSA) is 38.1 Å². The van der Waals surface area contributed by atoms with Crippen molar-refractivity contribution in [2.45, 2.75) is 6.92 Å². The molecule has 0 atom stereocenters. The summed E-state index contributed by atoms with van der Waals surface area (Å²) in [4.78, 5) is 3.91. The van der Waals surface area contributed by atoms with Crippen molar-refractivity contribution in [2.24, 2.45) is 4.99 Å². The van der Waals surface area contributed by atoms with Gasteiger partial charge in [0, 0.05) is 6.21 Å². The molecule has 0 aromatic carbocycles. The maximum Gasteiger partial charge on any atom is 0.111 e. The zero-order chi connectivity index (χ0) is 8.10. The van der Waals surface area contributed by atoms with Crippen LogP contribution >= 0.6 is 0 Å². The van der Waals surface area contributed by atoms with Crippen molar-refractivity contribution >= 4 is 19.0 Å². The van der Waals surface area contributed by atoms with E-state index in [-0.39, 0.29) is 0 Å². The Morgan fingerprint density at radius 3 is 3.09 bits per heavy atom. The Morgan fingerprint density at radius 2 is 2.45 bits per heavy atom. The van der Waals surface area contributed by atoms with Gasteiger partial charge in [-0.25, -0.2) is 0 Å². The molecule has 0 spiro atoms. The normalized spacial score (nSPS) is 12.6. The van der Waals surface area contributed by atoms with Gasteiger partial charge >= 0.3 is 0 Å². The van der Waals surface area contributed by atoms with E-state index >= 15 is 0 Å². The van der Waals surface area contributed by atoms with Crippen LogP contribution in [0.5, 0.6) is 0 Å². The van der Waals surface area contributed by atoms with E-state index in [1.807, 2.05) is 6.92 Å². The van der Waals surface area contributed by atoms with E-state index in [2.05, 4.69) is 21.8 Å². The average molecular weight is 147 g/mol. The minimum absolute atomic E-state index is 0.714. The summed E-state index contributed by atoms with van der Waals surface area (Å²) in [6.07, 6.45) is 4.93. The lowest BCUT2D eigenvalue weighted by Gasteiger charge is -1.82. The highest BCUT2D eigenvalue weighted by Crippen LogP contribution is 1.63. The molecule has 0 fully saturated rings. The molecule has 11 heavy (non-hydrogen) atoms. The van der Waals surface area contributed by atoms with E-state index < -0.39 is 0 Å². The minimum Gasteiger partial charge on any atom is -0.267 e. The van der Waals surface area contributed by atoms with Crippen LogP contribution in [0.1, 0.15) is 6.92 Å². The molecule has 0 saturated carbocycles. The van der Waals surface area contributed by atoms with Crippen LogP contribution in [0.3, 0.4) is 0 Å². The molecule has 1 aromatic rings. The smallest absolute Gasteiger partial charge is 0.111 e. The van der Waals surface area contributed by atoms with Crippen molar-refractivity contribution in [1.82, 2.24) is 10.2 Å². The van der Waals surface area contributed by atoms with Crippen molar-refractivity contribution in [3.05, 3.63) is 22.8 Å². The number of aliphatic imine (C=N–C) groups is 1. The van der Waals surface area contributed by atoms with Gasteiger partial charge in [-0.1, -0.05) is 6.58 Å². The van der Waals surface area contributed by atoms with Gasteiger partial charge in [-0.05, 0) is 18.2 Å². The standard InChI is InChI=1S/C8H9N3/c1-3-9-6-8-7(2)4-5-10-11-8/h3-6H,2H2,1H3/b8-6+,9-3?. The van der Waals surface area contributed by atoms with Crippen molar-refractivity contribution < 1.29 is 0 Å². The molecular weight excluding hydrogens is 138 g/mol. The summed E-state index contributed by atoms with van der Waals surface area (Å²) >= 11 is 0. The molecule has 1 heterocycles. The van der Waals surface area contributed by atoms with Crippen molar-refractivity contribution in [1.29, 1.82) is 0 Å². The molecule has 0 bridgehead atoms. The van der Waals surface area contributed by atoms with Crippen LogP contribution in [-0.2, 0) is 0 Å². The number of aromatic nitrogens is 2. The summed E-state index contributed by atoms with van der Waals surface area (Å²) in [5.41, 5.74) is 0. The predicted octanol–water partition coefficient (Wildman–Crippen LogP) is -0.284. The van der Waals surface area contributed by atoms with Crippen LogP contribution in [0.25, 0.3) is 12.8 Å². The van der Waals surface area contributed by atoms with E-state index in [9.17, 15) is 0 Å². The lowest BCUT2D eigenvalue weighted by molar-refractivity contribution is 0.980. The Kier molecular flexibility index (Phi) is 2.49. The molecular formula is C8H9N3. The molecule has 0 unspecified atom stereocenters. The largest absolute Gasteiger partial charge is 0.267 e. The highest BCUT2D eigenvalue weighted by molar-refractivity contribution is 5.57. The first-order valence-electron chi connectivity index (χ1n) is 3.29. The Labute approximate surface area is 64.8 Å². The van der Waals surface area contributed by atoms with Gasteiger partial charge in [0.1, 0.15) is 5.35 Å². The zero-order valence-corrected chi connectivity index (χ0v) is 6.36. The SMILES string of the molecule is C=c1ccnn/c1=C/N=CC. The third kappa shape index (κ3) is 1.97. The molecule has 0 N–H and O–H groups in total. The summed E-state index contributed by atoms with van der Waals surface area (Å²) in [7, 11) is 0. The fraction of sp³-hybridized carbons (Fsp3) is 0.125. The van der Waals surface area contributed by atoms with Crippen LogP contribution in [0.2, 0.25) is 0 Å². The lowest BCUT2D eigenvalue weighted by Crippen LogP contribution is -2.26. The van der Waals surface area contributed by atoms with Gasteiger partial charge in [-0.2, -0.15) is 5.10 Å². The van der Waals surface area contributed by atoms with E-state index in [0.717, 1.165) is 5.22 Å². The van der Waals surface area contributed by atoms with Gasteiger partial charge in [0.05, 0.1) is 12.4 Å². The minimum atomic E-state index is 0.714.